The first-order chi connectivity index (χ1) is 7.52. The molecule has 0 aliphatic rings. The molecule has 1 aromatic carbocycles. The van der Waals surface area contributed by atoms with E-state index in [0.29, 0.717) is 6.54 Å². The van der Waals surface area contributed by atoms with Crippen LogP contribution in [-0.4, -0.2) is 17.0 Å². The summed E-state index contributed by atoms with van der Waals surface area (Å²) in [7, 11) is 0. The number of carboxylic acid groups (broad SMARTS) is 1. The van der Waals surface area contributed by atoms with Crippen LogP contribution in [0.4, 0.5) is 0 Å². The summed E-state index contributed by atoms with van der Waals surface area (Å²) in [5.74, 6) is -2.63. The quantitative estimate of drug-likeness (QED) is 0.829. The highest BCUT2D eigenvalue weighted by Crippen LogP contribution is 2.15. The first-order valence-electron chi connectivity index (χ1n) is 4.76. The number of hydrogen-bond donors (Lipinski definition) is 2. The van der Waals surface area contributed by atoms with Gasteiger partial charge < -0.3 is 10.4 Å². The Labute approximate surface area is 102 Å². The summed E-state index contributed by atoms with van der Waals surface area (Å²) in [5, 5.41) is 11.2. The summed E-state index contributed by atoms with van der Waals surface area (Å²) >= 11 is 3.34. The van der Waals surface area contributed by atoms with Gasteiger partial charge in [0.15, 0.2) is 0 Å². The Morgan fingerprint density at radius 1 is 1.44 bits per heavy atom. The molecule has 5 heteroatoms. The van der Waals surface area contributed by atoms with Crippen molar-refractivity contribution in [1.29, 1.82) is 0 Å². The third-order valence-electron chi connectivity index (χ3n) is 2.17. The van der Waals surface area contributed by atoms with E-state index in [1.165, 1.54) is 6.92 Å². The molecule has 0 aliphatic carbocycles. The van der Waals surface area contributed by atoms with E-state index in [1.54, 1.807) is 0 Å². The number of amides is 1. The lowest BCUT2D eigenvalue weighted by Crippen LogP contribution is -2.33. The van der Waals surface area contributed by atoms with Gasteiger partial charge in [-0.05, 0) is 18.6 Å². The zero-order valence-electron chi connectivity index (χ0n) is 8.74. The molecule has 0 heterocycles. The molecule has 0 aromatic heterocycles. The predicted molar refractivity (Wildman–Crippen MR) is 62.8 cm³/mol. The number of carbonyl (C=O) groups is 2. The Hall–Kier alpha value is -1.36. The third-order valence-corrected chi connectivity index (χ3v) is 2.95. The number of aliphatic carboxylic acids is 1. The number of rotatable bonds is 4. The van der Waals surface area contributed by atoms with Gasteiger partial charge in [-0.2, -0.15) is 0 Å². The molecule has 0 saturated carbocycles. The van der Waals surface area contributed by atoms with Gasteiger partial charge in [0.05, 0.1) is 0 Å². The molecule has 0 bridgehead atoms. The van der Waals surface area contributed by atoms with Crippen LogP contribution in [-0.2, 0) is 16.1 Å². The van der Waals surface area contributed by atoms with Gasteiger partial charge in [-0.25, -0.2) is 0 Å². The molecule has 4 nitrogen and oxygen atoms in total. The average Bonchev–Trinajstić information content (AvgIpc) is 2.26. The average molecular weight is 286 g/mol. The highest BCUT2D eigenvalue weighted by atomic mass is 79.9. The molecule has 0 fully saturated rings. The smallest absolute Gasteiger partial charge is 0.315 e. The van der Waals surface area contributed by atoms with E-state index >= 15 is 0 Å². The Bertz CT molecular complexity index is 406. The molecule has 1 unspecified atom stereocenters. The van der Waals surface area contributed by atoms with Gasteiger partial charge in [0.25, 0.3) is 0 Å². The maximum Gasteiger partial charge on any atom is 0.315 e. The Kier molecular flexibility index (Phi) is 4.49. The zero-order chi connectivity index (χ0) is 12.1. The van der Waals surface area contributed by atoms with Crippen molar-refractivity contribution in [2.45, 2.75) is 13.5 Å². The third kappa shape index (κ3) is 3.34. The lowest BCUT2D eigenvalue weighted by atomic mass is 10.1. The SMILES string of the molecule is CC(C(=O)O)C(=O)NCc1ccccc1Br. The topological polar surface area (TPSA) is 66.4 Å². The van der Waals surface area contributed by atoms with Crippen molar-refractivity contribution in [2.24, 2.45) is 5.92 Å². The Morgan fingerprint density at radius 2 is 2.06 bits per heavy atom. The fraction of sp³-hybridized carbons (Fsp3) is 0.273. The molecule has 0 saturated heterocycles. The van der Waals surface area contributed by atoms with Gasteiger partial charge >= 0.3 is 5.97 Å². The van der Waals surface area contributed by atoms with E-state index in [9.17, 15) is 9.59 Å². The lowest BCUT2D eigenvalue weighted by Gasteiger charge is -2.09. The van der Waals surface area contributed by atoms with Crippen LogP contribution in [0.15, 0.2) is 28.7 Å². The predicted octanol–water partition coefficient (Wildman–Crippen LogP) is 1.79. The van der Waals surface area contributed by atoms with Gasteiger partial charge in [-0.1, -0.05) is 34.1 Å². The highest BCUT2D eigenvalue weighted by Gasteiger charge is 2.19. The van der Waals surface area contributed by atoms with Crippen molar-refractivity contribution in [3.8, 4) is 0 Å². The minimum absolute atomic E-state index is 0.317. The second-order valence-electron chi connectivity index (χ2n) is 3.37. The van der Waals surface area contributed by atoms with Gasteiger partial charge in [0.2, 0.25) is 5.91 Å². The summed E-state index contributed by atoms with van der Waals surface area (Å²) in [6.07, 6.45) is 0. The van der Waals surface area contributed by atoms with Gasteiger partial charge in [-0.15, -0.1) is 0 Å². The molecule has 0 aliphatic heterocycles. The zero-order valence-corrected chi connectivity index (χ0v) is 10.3. The molecule has 16 heavy (non-hydrogen) atoms. The molecule has 2 N–H and O–H groups in total. The van der Waals surface area contributed by atoms with Gasteiger partial charge in [0, 0.05) is 11.0 Å². The fourth-order valence-electron chi connectivity index (χ4n) is 1.09. The second kappa shape index (κ2) is 5.65. The van der Waals surface area contributed by atoms with Crippen LogP contribution in [0.1, 0.15) is 12.5 Å². The van der Waals surface area contributed by atoms with Crippen molar-refractivity contribution in [2.75, 3.05) is 0 Å². The molecule has 1 atom stereocenters. The maximum absolute atomic E-state index is 11.4. The van der Waals surface area contributed by atoms with E-state index in [0.717, 1.165) is 10.0 Å². The molecular formula is C11H12BrNO3. The van der Waals surface area contributed by atoms with Gasteiger partial charge in [-0.3, -0.25) is 9.59 Å². The minimum Gasteiger partial charge on any atom is -0.481 e. The summed E-state index contributed by atoms with van der Waals surface area (Å²) in [6.45, 7) is 1.68. The van der Waals surface area contributed by atoms with Crippen molar-refractivity contribution >= 4 is 27.8 Å². The monoisotopic (exact) mass is 285 g/mol. The summed E-state index contributed by atoms with van der Waals surface area (Å²) in [5.41, 5.74) is 0.911. The van der Waals surface area contributed by atoms with E-state index in [1.807, 2.05) is 24.3 Å². The number of halogens is 1. The molecule has 1 rings (SSSR count). The standard InChI is InChI=1S/C11H12BrNO3/c1-7(11(15)16)10(14)13-6-8-4-2-3-5-9(8)12/h2-5,7H,6H2,1H3,(H,13,14)(H,15,16). The minimum atomic E-state index is -1.12. The fourth-order valence-corrected chi connectivity index (χ4v) is 1.51. The van der Waals surface area contributed by atoms with E-state index < -0.39 is 17.8 Å². The van der Waals surface area contributed by atoms with Crippen LogP contribution < -0.4 is 5.32 Å². The van der Waals surface area contributed by atoms with Crippen LogP contribution in [0.5, 0.6) is 0 Å². The second-order valence-corrected chi connectivity index (χ2v) is 4.22. The van der Waals surface area contributed by atoms with Crippen LogP contribution in [0, 0.1) is 5.92 Å². The van der Waals surface area contributed by atoms with E-state index in [-0.39, 0.29) is 0 Å². The van der Waals surface area contributed by atoms with Crippen molar-refractivity contribution in [1.82, 2.24) is 5.32 Å². The number of benzene rings is 1. The number of hydrogen-bond acceptors (Lipinski definition) is 2. The first-order valence-corrected chi connectivity index (χ1v) is 5.55. The highest BCUT2D eigenvalue weighted by molar-refractivity contribution is 9.10. The molecule has 1 amide bonds. The summed E-state index contributed by atoms with van der Waals surface area (Å²) in [4.78, 5) is 21.9. The molecule has 0 radical (unpaired) electrons. The van der Waals surface area contributed by atoms with Crippen LogP contribution in [0.3, 0.4) is 0 Å². The van der Waals surface area contributed by atoms with Crippen LogP contribution in [0.25, 0.3) is 0 Å². The number of carboxylic acids is 1. The van der Waals surface area contributed by atoms with Crippen LogP contribution in [0.2, 0.25) is 0 Å². The lowest BCUT2D eigenvalue weighted by molar-refractivity contribution is -0.146. The Morgan fingerprint density at radius 3 is 2.62 bits per heavy atom. The molecular weight excluding hydrogens is 274 g/mol. The van der Waals surface area contributed by atoms with Crippen molar-refractivity contribution < 1.29 is 14.7 Å². The first kappa shape index (κ1) is 12.7. The molecule has 1 aromatic rings. The van der Waals surface area contributed by atoms with Gasteiger partial charge in [0.1, 0.15) is 5.92 Å². The maximum atomic E-state index is 11.4. The van der Waals surface area contributed by atoms with Crippen molar-refractivity contribution in [3.05, 3.63) is 34.3 Å². The summed E-state index contributed by atoms with van der Waals surface area (Å²) in [6, 6.07) is 7.44. The van der Waals surface area contributed by atoms with Crippen molar-refractivity contribution in [3.63, 3.8) is 0 Å². The Balaban J connectivity index is 2.56. The molecule has 86 valence electrons. The normalized spacial score (nSPS) is 11.9. The van der Waals surface area contributed by atoms with E-state index in [4.69, 9.17) is 5.11 Å². The molecule has 0 spiro atoms. The van der Waals surface area contributed by atoms with E-state index in [2.05, 4.69) is 21.2 Å². The van der Waals surface area contributed by atoms with Crippen LogP contribution >= 0.6 is 15.9 Å². The number of carbonyl (C=O) groups excluding carboxylic acids is 1. The summed E-state index contributed by atoms with van der Waals surface area (Å²) < 4.78 is 0.887. The largest absolute Gasteiger partial charge is 0.481 e. The number of nitrogens with one attached hydrogen (secondary N) is 1.